The molecular formula is C26H22Br2N2O4. The fourth-order valence-corrected chi connectivity index (χ4v) is 3.76. The summed E-state index contributed by atoms with van der Waals surface area (Å²) < 4.78 is 12.4. The highest BCUT2D eigenvalue weighted by atomic mass is 79.9. The summed E-state index contributed by atoms with van der Waals surface area (Å²) in [6.07, 6.45) is 6.22. The maximum atomic E-state index is 12.3. The zero-order valence-corrected chi connectivity index (χ0v) is 21.6. The number of hydrogen-bond donors (Lipinski definition) is 2. The van der Waals surface area contributed by atoms with Crippen LogP contribution in [0.1, 0.15) is 11.1 Å². The molecule has 0 aliphatic rings. The molecule has 0 unspecified atom stereocenters. The minimum atomic E-state index is -0.287. The van der Waals surface area contributed by atoms with Gasteiger partial charge in [-0.25, -0.2) is 0 Å². The minimum Gasteiger partial charge on any atom is -0.496 e. The Morgan fingerprint density at radius 1 is 0.676 bits per heavy atom. The van der Waals surface area contributed by atoms with Gasteiger partial charge in [-0.3, -0.25) is 9.59 Å². The summed E-state index contributed by atoms with van der Waals surface area (Å²) in [5.74, 6) is 0.758. The Labute approximate surface area is 214 Å². The van der Waals surface area contributed by atoms with Crippen molar-refractivity contribution in [2.45, 2.75) is 0 Å². The van der Waals surface area contributed by atoms with E-state index in [0.29, 0.717) is 22.9 Å². The van der Waals surface area contributed by atoms with Crippen LogP contribution in [-0.4, -0.2) is 26.0 Å². The Balaban J connectivity index is 1.58. The van der Waals surface area contributed by atoms with E-state index in [1.54, 1.807) is 50.6 Å². The number of rotatable bonds is 8. The third-order valence-electron chi connectivity index (χ3n) is 4.63. The van der Waals surface area contributed by atoms with Crippen molar-refractivity contribution in [3.63, 3.8) is 0 Å². The summed E-state index contributed by atoms with van der Waals surface area (Å²) in [5, 5.41) is 5.57. The average molecular weight is 586 g/mol. The predicted octanol–water partition coefficient (Wildman–Crippen LogP) is 6.53. The number of carbonyl (C=O) groups is 2. The highest BCUT2D eigenvalue weighted by molar-refractivity contribution is 9.10. The minimum absolute atomic E-state index is 0.287. The SMILES string of the molecule is COc1ccc(Br)cc1/C=C/C(=O)Nc1ccc(NC(=O)/C=C/c2cc(Br)ccc2OC)cc1. The number of benzene rings is 3. The van der Waals surface area contributed by atoms with Gasteiger partial charge in [-0.2, -0.15) is 0 Å². The Morgan fingerprint density at radius 2 is 1.06 bits per heavy atom. The molecule has 2 N–H and O–H groups in total. The highest BCUT2D eigenvalue weighted by Gasteiger charge is 2.05. The lowest BCUT2D eigenvalue weighted by Crippen LogP contribution is -2.09. The van der Waals surface area contributed by atoms with Crippen molar-refractivity contribution < 1.29 is 19.1 Å². The number of ether oxygens (including phenoxy) is 2. The normalized spacial score (nSPS) is 10.9. The quantitative estimate of drug-likeness (QED) is 0.295. The molecule has 0 radical (unpaired) electrons. The molecular weight excluding hydrogens is 564 g/mol. The molecule has 0 saturated carbocycles. The second-order valence-corrected chi connectivity index (χ2v) is 8.83. The number of methoxy groups -OCH3 is 2. The third-order valence-corrected chi connectivity index (χ3v) is 5.62. The first-order valence-corrected chi connectivity index (χ1v) is 11.7. The third kappa shape index (κ3) is 7.33. The van der Waals surface area contributed by atoms with Gasteiger partial charge in [0.1, 0.15) is 11.5 Å². The van der Waals surface area contributed by atoms with Gasteiger partial charge < -0.3 is 20.1 Å². The Morgan fingerprint density at radius 3 is 1.41 bits per heavy atom. The van der Waals surface area contributed by atoms with Crippen molar-refractivity contribution in [1.82, 2.24) is 0 Å². The smallest absolute Gasteiger partial charge is 0.248 e. The van der Waals surface area contributed by atoms with Crippen LogP contribution in [0, 0.1) is 0 Å². The molecule has 8 heteroatoms. The first kappa shape index (κ1) is 25.3. The van der Waals surface area contributed by atoms with Crippen LogP contribution in [0.15, 0.2) is 81.8 Å². The number of nitrogens with one attached hydrogen (secondary N) is 2. The Kier molecular flexibility index (Phi) is 9.07. The monoisotopic (exact) mass is 584 g/mol. The topological polar surface area (TPSA) is 76.7 Å². The number of amides is 2. The summed E-state index contributed by atoms with van der Waals surface area (Å²) in [6, 6.07) is 17.9. The van der Waals surface area contributed by atoms with Crippen LogP contribution in [0.2, 0.25) is 0 Å². The van der Waals surface area contributed by atoms with Gasteiger partial charge in [-0.05, 0) is 72.8 Å². The molecule has 0 spiro atoms. The zero-order valence-electron chi connectivity index (χ0n) is 18.5. The van der Waals surface area contributed by atoms with Crippen molar-refractivity contribution in [1.29, 1.82) is 0 Å². The molecule has 174 valence electrons. The summed E-state index contributed by atoms with van der Waals surface area (Å²) in [5.41, 5.74) is 2.75. The largest absolute Gasteiger partial charge is 0.496 e. The second kappa shape index (κ2) is 12.2. The van der Waals surface area contributed by atoms with Crippen LogP contribution in [0.5, 0.6) is 11.5 Å². The standard InChI is InChI=1S/C26H22Br2N2O4/c1-33-23-11-5-19(27)15-17(23)3-13-25(31)29-21-7-9-22(10-8-21)30-26(32)14-4-18-16-20(28)6-12-24(18)34-2/h3-16H,1-2H3,(H,29,31)(H,30,32)/b13-3+,14-4+. The lowest BCUT2D eigenvalue weighted by atomic mass is 10.2. The van der Waals surface area contributed by atoms with Crippen LogP contribution in [0.3, 0.4) is 0 Å². The van der Waals surface area contributed by atoms with E-state index in [0.717, 1.165) is 20.1 Å². The van der Waals surface area contributed by atoms with E-state index in [1.165, 1.54) is 12.2 Å². The molecule has 0 aliphatic heterocycles. The number of carbonyl (C=O) groups excluding carboxylic acids is 2. The van der Waals surface area contributed by atoms with Crippen molar-refractivity contribution in [2.24, 2.45) is 0 Å². The van der Waals surface area contributed by atoms with E-state index in [9.17, 15) is 9.59 Å². The zero-order chi connectivity index (χ0) is 24.5. The molecule has 0 heterocycles. The average Bonchev–Trinajstić information content (AvgIpc) is 2.83. The Hall–Kier alpha value is -3.36. The van der Waals surface area contributed by atoms with Crippen molar-refractivity contribution in [3.05, 3.63) is 92.9 Å². The van der Waals surface area contributed by atoms with E-state index < -0.39 is 0 Å². The van der Waals surface area contributed by atoms with Crippen LogP contribution in [-0.2, 0) is 9.59 Å². The first-order chi connectivity index (χ1) is 16.4. The molecule has 3 aromatic carbocycles. The highest BCUT2D eigenvalue weighted by Crippen LogP contribution is 2.25. The Bertz CT molecular complexity index is 1140. The van der Waals surface area contributed by atoms with Crippen LogP contribution < -0.4 is 20.1 Å². The van der Waals surface area contributed by atoms with Gasteiger partial charge in [0.05, 0.1) is 14.2 Å². The van der Waals surface area contributed by atoms with Gasteiger partial charge in [0, 0.05) is 43.6 Å². The van der Waals surface area contributed by atoms with Gasteiger partial charge >= 0.3 is 0 Å². The van der Waals surface area contributed by atoms with Gasteiger partial charge in [0.2, 0.25) is 11.8 Å². The molecule has 0 aromatic heterocycles. The van der Waals surface area contributed by atoms with Gasteiger partial charge in [0.25, 0.3) is 0 Å². The number of anilines is 2. The molecule has 0 fully saturated rings. The molecule has 0 aliphatic carbocycles. The van der Waals surface area contributed by atoms with Crippen LogP contribution >= 0.6 is 31.9 Å². The maximum absolute atomic E-state index is 12.3. The summed E-state index contributed by atoms with van der Waals surface area (Å²) in [6.45, 7) is 0. The summed E-state index contributed by atoms with van der Waals surface area (Å²) >= 11 is 6.82. The molecule has 6 nitrogen and oxygen atoms in total. The predicted molar refractivity (Wildman–Crippen MR) is 143 cm³/mol. The van der Waals surface area contributed by atoms with Crippen LogP contribution in [0.25, 0.3) is 12.2 Å². The summed E-state index contributed by atoms with van der Waals surface area (Å²) in [7, 11) is 3.16. The van der Waals surface area contributed by atoms with Gasteiger partial charge in [0.15, 0.2) is 0 Å². The number of hydrogen-bond acceptors (Lipinski definition) is 4. The molecule has 0 saturated heterocycles. The van der Waals surface area contributed by atoms with E-state index in [4.69, 9.17) is 9.47 Å². The van der Waals surface area contributed by atoms with E-state index in [2.05, 4.69) is 42.5 Å². The molecule has 2 amide bonds. The van der Waals surface area contributed by atoms with Crippen LogP contribution in [0.4, 0.5) is 11.4 Å². The van der Waals surface area contributed by atoms with E-state index >= 15 is 0 Å². The molecule has 0 bridgehead atoms. The van der Waals surface area contributed by atoms with Crippen molar-refractivity contribution in [3.8, 4) is 11.5 Å². The maximum Gasteiger partial charge on any atom is 0.248 e. The molecule has 0 atom stereocenters. The lowest BCUT2D eigenvalue weighted by molar-refractivity contribution is -0.112. The van der Waals surface area contributed by atoms with Crippen molar-refractivity contribution >= 4 is 67.2 Å². The molecule has 34 heavy (non-hydrogen) atoms. The fourth-order valence-electron chi connectivity index (χ4n) is 3.01. The van der Waals surface area contributed by atoms with Gasteiger partial charge in [-0.15, -0.1) is 0 Å². The molecule has 3 rings (SSSR count). The first-order valence-electron chi connectivity index (χ1n) is 10.1. The van der Waals surface area contributed by atoms with E-state index in [-0.39, 0.29) is 11.8 Å². The summed E-state index contributed by atoms with van der Waals surface area (Å²) in [4.78, 5) is 24.6. The fraction of sp³-hybridized carbons (Fsp3) is 0.0769. The van der Waals surface area contributed by atoms with Crippen molar-refractivity contribution in [2.75, 3.05) is 24.9 Å². The second-order valence-electron chi connectivity index (χ2n) is 7.00. The molecule has 3 aromatic rings. The lowest BCUT2D eigenvalue weighted by Gasteiger charge is -2.07. The number of halogens is 2. The van der Waals surface area contributed by atoms with E-state index in [1.807, 2.05) is 36.4 Å². The van der Waals surface area contributed by atoms with Gasteiger partial charge in [-0.1, -0.05) is 31.9 Å².